The highest BCUT2D eigenvalue weighted by molar-refractivity contribution is 6.30. The highest BCUT2D eigenvalue weighted by Crippen LogP contribution is 2.17. The molecule has 31 heavy (non-hydrogen) atoms. The van der Waals surface area contributed by atoms with Crippen molar-refractivity contribution in [3.63, 3.8) is 0 Å². The third kappa shape index (κ3) is 6.87. The molecule has 158 valence electrons. The molecule has 0 radical (unpaired) electrons. The molecule has 0 saturated heterocycles. The van der Waals surface area contributed by atoms with Gasteiger partial charge in [-0.25, -0.2) is 10.2 Å². The average Bonchev–Trinajstić information content (AvgIpc) is 2.78. The lowest BCUT2D eigenvalue weighted by atomic mass is 10.1. The lowest BCUT2D eigenvalue weighted by molar-refractivity contribution is -0.139. The van der Waals surface area contributed by atoms with Crippen LogP contribution in [0.2, 0.25) is 5.02 Å². The number of carbonyl (C=O) groups excluding carboxylic acids is 1. The Morgan fingerprint density at radius 2 is 1.68 bits per heavy atom. The molecule has 2 N–H and O–H groups in total. The summed E-state index contributed by atoms with van der Waals surface area (Å²) in [5.41, 5.74) is 4.31. The summed E-state index contributed by atoms with van der Waals surface area (Å²) < 4.78 is 10.9. The molecule has 3 rings (SSSR count). The molecule has 0 bridgehead atoms. The van der Waals surface area contributed by atoms with Crippen molar-refractivity contribution < 1.29 is 24.2 Å². The average molecular weight is 439 g/mol. The topological polar surface area (TPSA) is 97.2 Å². The Hall–Kier alpha value is -3.84. The van der Waals surface area contributed by atoms with E-state index in [1.807, 2.05) is 0 Å². The second-order valence-electron chi connectivity index (χ2n) is 6.36. The third-order valence-corrected chi connectivity index (χ3v) is 4.33. The molecule has 0 fully saturated rings. The van der Waals surface area contributed by atoms with Gasteiger partial charge in [-0.1, -0.05) is 35.9 Å². The summed E-state index contributed by atoms with van der Waals surface area (Å²) in [6.45, 7) is -0.111. The van der Waals surface area contributed by atoms with E-state index in [0.717, 1.165) is 5.56 Å². The van der Waals surface area contributed by atoms with Crippen LogP contribution in [0.3, 0.4) is 0 Å². The van der Waals surface area contributed by atoms with Crippen LogP contribution >= 0.6 is 11.6 Å². The first-order valence-corrected chi connectivity index (χ1v) is 9.63. The minimum Gasteiger partial charge on any atom is -0.489 e. The normalized spacial score (nSPS) is 10.6. The van der Waals surface area contributed by atoms with E-state index in [1.165, 1.54) is 6.21 Å². The number of ether oxygens (including phenoxy) is 2. The fourth-order valence-electron chi connectivity index (χ4n) is 2.53. The zero-order valence-corrected chi connectivity index (χ0v) is 17.1. The number of nitrogens with zero attached hydrogens (tertiary/aromatic N) is 1. The standard InChI is InChI=1S/C23H19ClN2O5/c24-19-9-11-20(12-10-19)30-14-16-5-7-17(8-6-16)23(29)26-25-13-18-3-1-2-4-21(18)31-15-22(27)28/h1-13H,14-15H2,(H,26,29)(H,27,28)/b25-13+. The van der Waals surface area contributed by atoms with Crippen molar-refractivity contribution in [3.05, 3.63) is 94.5 Å². The number of para-hydroxylation sites is 1. The van der Waals surface area contributed by atoms with Gasteiger partial charge in [0.25, 0.3) is 5.91 Å². The molecule has 0 spiro atoms. The van der Waals surface area contributed by atoms with Crippen LogP contribution in [0.1, 0.15) is 21.5 Å². The van der Waals surface area contributed by atoms with E-state index < -0.39 is 12.6 Å². The highest BCUT2D eigenvalue weighted by Gasteiger charge is 2.06. The maximum Gasteiger partial charge on any atom is 0.341 e. The first-order chi connectivity index (χ1) is 15.0. The Labute approximate surface area is 183 Å². The molecule has 0 aliphatic rings. The lowest BCUT2D eigenvalue weighted by Gasteiger charge is -2.07. The van der Waals surface area contributed by atoms with Gasteiger partial charge < -0.3 is 14.6 Å². The molecule has 0 saturated carbocycles. The minimum atomic E-state index is -1.08. The Balaban J connectivity index is 1.54. The second-order valence-corrected chi connectivity index (χ2v) is 6.80. The first kappa shape index (κ1) is 21.9. The third-order valence-electron chi connectivity index (χ3n) is 4.08. The summed E-state index contributed by atoms with van der Waals surface area (Å²) >= 11 is 5.85. The number of carboxylic acids is 1. The van der Waals surface area contributed by atoms with E-state index in [0.29, 0.717) is 34.3 Å². The van der Waals surface area contributed by atoms with Crippen molar-refractivity contribution >= 4 is 29.7 Å². The number of rotatable bonds is 9. The number of hydrogen-bond acceptors (Lipinski definition) is 5. The Morgan fingerprint density at radius 3 is 2.39 bits per heavy atom. The molecule has 8 heteroatoms. The number of hydrazone groups is 1. The van der Waals surface area contributed by atoms with Crippen LogP contribution in [0.4, 0.5) is 0 Å². The van der Waals surface area contributed by atoms with E-state index in [-0.39, 0.29) is 5.91 Å². The molecule has 3 aromatic rings. The number of carbonyl (C=O) groups is 2. The number of amides is 1. The summed E-state index contributed by atoms with van der Waals surface area (Å²) in [4.78, 5) is 22.9. The van der Waals surface area contributed by atoms with Crippen LogP contribution in [0.25, 0.3) is 0 Å². The largest absolute Gasteiger partial charge is 0.489 e. The molecular weight excluding hydrogens is 420 g/mol. The Bertz CT molecular complexity index is 1070. The number of hydrogen-bond donors (Lipinski definition) is 2. The van der Waals surface area contributed by atoms with E-state index in [9.17, 15) is 9.59 Å². The van der Waals surface area contributed by atoms with Crippen molar-refractivity contribution in [2.24, 2.45) is 5.10 Å². The van der Waals surface area contributed by atoms with E-state index in [2.05, 4.69) is 10.5 Å². The molecule has 0 unspecified atom stereocenters. The summed E-state index contributed by atoms with van der Waals surface area (Å²) in [5, 5.41) is 13.3. The van der Waals surface area contributed by atoms with Crippen molar-refractivity contribution in [1.29, 1.82) is 0 Å². The number of carboxylic acid groups (broad SMARTS) is 1. The summed E-state index contributed by atoms with van der Waals surface area (Å²) in [5.74, 6) is -0.409. The maximum atomic E-state index is 12.3. The van der Waals surface area contributed by atoms with Crippen molar-refractivity contribution in [2.75, 3.05) is 6.61 Å². The molecule has 0 atom stereocenters. The Kier molecular flexibility index (Phi) is 7.61. The van der Waals surface area contributed by atoms with Gasteiger partial charge in [0, 0.05) is 16.1 Å². The van der Waals surface area contributed by atoms with Gasteiger partial charge in [0.2, 0.25) is 0 Å². The predicted molar refractivity (Wildman–Crippen MR) is 117 cm³/mol. The van der Waals surface area contributed by atoms with Crippen LogP contribution in [-0.2, 0) is 11.4 Å². The van der Waals surface area contributed by atoms with E-state index in [1.54, 1.807) is 72.8 Å². The van der Waals surface area contributed by atoms with Gasteiger partial charge in [-0.3, -0.25) is 4.79 Å². The van der Waals surface area contributed by atoms with Gasteiger partial charge in [-0.15, -0.1) is 0 Å². The van der Waals surface area contributed by atoms with Gasteiger partial charge in [-0.05, 0) is 54.1 Å². The van der Waals surface area contributed by atoms with Gasteiger partial charge >= 0.3 is 5.97 Å². The molecule has 0 heterocycles. The monoisotopic (exact) mass is 438 g/mol. The summed E-state index contributed by atoms with van der Waals surface area (Å²) in [6.07, 6.45) is 1.39. The number of aliphatic carboxylic acids is 1. The van der Waals surface area contributed by atoms with Gasteiger partial charge in [0.15, 0.2) is 6.61 Å². The molecule has 0 aliphatic heterocycles. The molecular formula is C23H19ClN2O5. The summed E-state index contributed by atoms with van der Waals surface area (Å²) in [6, 6.07) is 20.8. The minimum absolute atomic E-state index is 0.355. The van der Waals surface area contributed by atoms with E-state index in [4.69, 9.17) is 26.2 Å². The maximum absolute atomic E-state index is 12.3. The van der Waals surface area contributed by atoms with Crippen LogP contribution in [-0.4, -0.2) is 29.8 Å². The molecule has 3 aromatic carbocycles. The first-order valence-electron chi connectivity index (χ1n) is 9.25. The zero-order chi connectivity index (χ0) is 22.1. The fraction of sp³-hybridized carbons (Fsp3) is 0.0870. The smallest absolute Gasteiger partial charge is 0.341 e. The van der Waals surface area contributed by atoms with Crippen molar-refractivity contribution in [2.45, 2.75) is 6.61 Å². The highest BCUT2D eigenvalue weighted by atomic mass is 35.5. The van der Waals surface area contributed by atoms with Crippen LogP contribution in [0.5, 0.6) is 11.5 Å². The molecule has 0 aromatic heterocycles. The van der Waals surface area contributed by atoms with E-state index >= 15 is 0 Å². The quantitative estimate of drug-likeness (QED) is 0.386. The molecule has 1 amide bonds. The number of halogens is 1. The van der Waals surface area contributed by atoms with Crippen LogP contribution < -0.4 is 14.9 Å². The van der Waals surface area contributed by atoms with Crippen molar-refractivity contribution in [1.82, 2.24) is 5.43 Å². The Morgan fingerprint density at radius 1 is 0.968 bits per heavy atom. The summed E-state index contributed by atoms with van der Waals surface area (Å²) in [7, 11) is 0. The van der Waals surface area contributed by atoms with Crippen molar-refractivity contribution in [3.8, 4) is 11.5 Å². The lowest BCUT2D eigenvalue weighted by Crippen LogP contribution is -2.17. The van der Waals surface area contributed by atoms with Crippen LogP contribution in [0.15, 0.2) is 77.9 Å². The zero-order valence-electron chi connectivity index (χ0n) is 16.3. The SMILES string of the molecule is O=C(O)COc1ccccc1/C=N/NC(=O)c1ccc(COc2ccc(Cl)cc2)cc1. The molecule has 0 aliphatic carbocycles. The van der Waals surface area contributed by atoms with Gasteiger partial charge in [0.05, 0.1) is 6.21 Å². The van der Waals surface area contributed by atoms with Gasteiger partial charge in [-0.2, -0.15) is 5.10 Å². The predicted octanol–water partition coefficient (Wildman–Crippen LogP) is 4.15. The number of benzene rings is 3. The van der Waals surface area contributed by atoms with Gasteiger partial charge in [0.1, 0.15) is 18.1 Å². The fourth-order valence-corrected chi connectivity index (χ4v) is 2.66. The molecule has 7 nitrogen and oxygen atoms in total. The van der Waals surface area contributed by atoms with Crippen LogP contribution in [0, 0.1) is 0 Å². The second kappa shape index (κ2) is 10.8. The number of nitrogens with one attached hydrogen (secondary N) is 1.